The van der Waals surface area contributed by atoms with Crippen LogP contribution in [0.3, 0.4) is 0 Å². The topological polar surface area (TPSA) is 82.0 Å². The largest absolute Gasteiger partial charge is 0.348 e. The van der Waals surface area contributed by atoms with Gasteiger partial charge in [0, 0.05) is 12.2 Å². The van der Waals surface area contributed by atoms with Crippen molar-refractivity contribution in [2.45, 2.75) is 13.8 Å². The molecule has 0 atom stereocenters. The summed E-state index contributed by atoms with van der Waals surface area (Å²) in [5.74, 6) is -1.22. The van der Waals surface area contributed by atoms with E-state index in [0.29, 0.717) is 17.3 Å². The Bertz CT molecular complexity index is 535. The second-order valence-corrected chi connectivity index (χ2v) is 4.77. The first-order chi connectivity index (χ1) is 8.93. The summed E-state index contributed by atoms with van der Waals surface area (Å²) in [6.07, 6.45) is 0. The fourth-order valence-electron chi connectivity index (χ4n) is 1.25. The molecule has 0 heterocycles. The van der Waals surface area contributed by atoms with Crippen LogP contribution in [0.2, 0.25) is 5.02 Å². The Balaban J connectivity index is 2.67. The van der Waals surface area contributed by atoms with E-state index >= 15 is 0 Å². The molecule has 19 heavy (non-hydrogen) atoms. The molecule has 0 saturated carbocycles. The van der Waals surface area contributed by atoms with Gasteiger partial charge >= 0.3 is 11.8 Å². The number of halogens is 1. The number of hydrogen-bond acceptors (Lipinski definition) is 3. The Morgan fingerprint density at radius 1 is 1.37 bits per heavy atom. The Morgan fingerprint density at radius 3 is 2.63 bits per heavy atom. The lowest BCUT2D eigenvalue weighted by Gasteiger charge is -2.08. The summed E-state index contributed by atoms with van der Waals surface area (Å²) < 4.78 is 0. The molecular weight excluding hydrogens is 266 g/mol. The van der Waals surface area contributed by atoms with Gasteiger partial charge in [-0.1, -0.05) is 25.4 Å². The Labute approximate surface area is 116 Å². The number of hydrogen-bond donors (Lipinski definition) is 2. The molecule has 2 amide bonds. The maximum absolute atomic E-state index is 11.6. The highest BCUT2D eigenvalue weighted by atomic mass is 35.5. The summed E-state index contributed by atoms with van der Waals surface area (Å²) in [5, 5.41) is 14.0. The molecular formula is C13H14ClN3O2. The second kappa shape index (κ2) is 6.76. The highest BCUT2D eigenvalue weighted by Gasteiger charge is 2.14. The van der Waals surface area contributed by atoms with Crippen LogP contribution >= 0.6 is 11.6 Å². The minimum atomic E-state index is -0.771. The molecule has 1 aromatic rings. The van der Waals surface area contributed by atoms with Gasteiger partial charge in [-0.15, -0.1) is 0 Å². The molecule has 0 radical (unpaired) electrons. The standard InChI is InChI=1S/C13H14ClN3O2/c1-8(2)7-16-12(18)13(19)17-10-3-4-11(14)9(5-10)6-15/h3-5,8H,7H2,1-2H3,(H,16,18)(H,17,19). The minimum absolute atomic E-state index is 0.238. The third-order valence-corrected chi connectivity index (χ3v) is 2.55. The number of amides is 2. The zero-order valence-corrected chi connectivity index (χ0v) is 11.4. The molecule has 6 heteroatoms. The lowest BCUT2D eigenvalue weighted by Crippen LogP contribution is -2.37. The van der Waals surface area contributed by atoms with Crippen molar-refractivity contribution in [3.8, 4) is 6.07 Å². The zero-order valence-electron chi connectivity index (χ0n) is 10.7. The van der Waals surface area contributed by atoms with Gasteiger partial charge in [0.05, 0.1) is 10.6 Å². The van der Waals surface area contributed by atoms with Crippen molar-refractivity contribution in [1.29, 1.82) is 5.26 Å². The van der Waals surface area contributed by atoms with E-state index in [1.807, 2.05) is 19.9 Å². The average molecular weight is 280 g/mol. The Morgan fingerprint density at radius 2 is 2.05 bits per heavy atom. The smallest absolute Gasteiger partial charge is 0.313 e. The molecule has 0 unspecified atom stereocenters. The molecule has 1 rings (SSSR count). The van der Waals surface area contributed by atoms with Gasteiger partial charge in [-0.25, -0.2) is 0 Å². The van der Waals surface area contributed by atoms with Crippen molar-refractivity contribution in [2.24, 2.45) is 5.92 Å². The second-order valence-electron chi connectivity index (χ2n) is 4.36. The van der Waals surface area contributed by atoms with Gasteiger partial charge in [-0.3, -0.25) is 9.59 Å². The van der Waals surface area contributed by atoms with Crippen molar-refractivity contribution >= 4 is 29.1 Å². The molecule has 0 fully saturated rings. The van der Waals surface area contributed by atoms with Crippen molar-refractivity contribution in [1.82, 2.24) is 5.32 Å². The SMILES string of the molecule is CC(C)CNC(=O)C(=O)Nc1ccc(Cl)c(C#N)c1. The average Bonchev–Trinajstić information content (AvgIpc) is 2.37. The van der Waals surface area contributed by atoms with Crippen molar-refractivity contribution < 1.29 is 9.59 Å². The molecule has 5 nitrogen and oxygen atoms in total. The van der Waals surface area contributed by atoms with E-state index in [1.54, 1.807) is 0 Å². The lowest BCUT2D eigenvalue weighted by atomic mass is 10.2. The maximum atomic E-state index is 11.6. The Hall–Kier alpha value is -2.06. The molecule has 0 aromatic heterocycles. The van der Waals surface area contributed by atoms with E-state index < -0.39 is 11.8 Å². The maximum Gasteiger partial charge on any atom is 0.313 e. The summed E-state index contributed by atoms with van der Waals surface area (Å²) in [5.41, 5.74) is 0.590. The van der Waals surface area contributed by atoms with Crippen molar-refractivity contribution in [2.75, 3.05) is 11.9 Å². The van der Waals surface area contributed by atoms with Crippen LogP contribution in [-0.2, 0) is 9.59 Å². The van der Waals surface area contributed by atoms with Crippen LogP contribution in [0.15, 0.2) is 18.2 Å². The van der Waals surface area contributed by atoms with Gasteiger partial charge in [0.25, 0.3) is 0 Å². The van der Waals surface area contributed by atoms with Crippen molar-refractivity contribution in [3.63, 3.8) is 0 Å². The first kappa shape index (κ1) is 15.0. The van der Waals surface area contributed by atoms with Gasteiger partial charge < -0.3 is 10.6 Å². The Kier molecular flexibility index (Phi) is 5.34. The predicted octanol–water partition coefficient (Wildman–Crippen LogP) is 1.92. The van der Waals surface area contributed by atoms with E-state index in [1.165, 1.54) is 18.2 Å². The van der Waals surface area contributed by atoms with Gasteiger partial charge in [0.15, 0.2) is 0 Å². The molecule has 0 saturated heterocycles. The van der Waals surface area contributed by atoms with Crippen LogP contribution in [0.5, 0.6) is 0 Å². The molecule has 0 spiro atoms. The van der Waals surface area contributed by atoms with Crippen LogP contribution in [-0.4, -0.2) is 18.4 Å². The molecule has 100 valence electrons. The summed E-state index contributed by atoms with van der Waals surface area (Å²) in [4.78, 5) is 23.0. The molecule has 0 aliphatic rings. The number of carbonyl (C=O) groups is 2. The van der Waals surface area contributed by atoms with E-state index in [2.05, 4.69) is 10.6 Å². The van der Waals surface area contributed by atoms with Crippen LogP contribution in [0, 0.1) is 17.2 Å². The van der Waals surface area contributed by atoms with Gasteiger partial charge in [-0.05, 0) is 24.1 Å². The number of benzene rings is 1. The summed E-state index contributed by atoms with van der Waals surface area (Å²) in [7, 11) is 0. The van der Waals surface area contributed by atoms with E-state index in [-0.39, 0.29) is 11.5 Å². The normalized spacial score (nSPS) is 9.84. The highest BCUT2D eigenvalue weighted by Crippen LogP contribution is 2.19. The third-order valence-electron chi connectivity index (χ3n) is 2.22. The van der Waals surface area contributed by atoms with E-state index in [9.17, 15) is 9.59 Å². The minimum Gasteiger partial charge on any atom is -0.348 e. The lowest BCUT2D eigenvalue weighted by molar-refractivity contribution is -0.136. The number of nitriles is 1. The first-order valence-electron chi connectivity index (χ1n) is 5.73. The van der Waals surface area contributed by atoms with Crippen LogP contribution in [0.25, 0.3) is 0 Å². The fraction of sp³-hybridized carbons (Fsp3) is 0.308. The molecule has 1 aromatic carbocycles. The summed E-state index contributed by atoms with van der Waals surface area (Å²) in [6.45, 7) is 4.28. The number of carbonyl (C=O) groups excluding carboxylic acids is 2. The molecule has 0 bridgehead atoms. The number of anilines is 1. The monoisotopic (exact) mass is 279 g/mol. The van der Waals surface area contributed by atoms with Crippen LogP contribution in [0.4, 0.5) is 5.69 Å². The van der Waals surface area contributed by atoms with Crippen LogP contribution < -0.4 is 10.6 Å². The summed E-state index contributed by atoms with van der Waals surface area (Å²) >= 11 is 5.77. The third kappa shape index (κ3) is 4.60. The number of rotatable bonds is 3. The van der Waals surface area contributed by atoms with Gasteiger partial charge in [0.2, 0.25) is 0 Å². The van der Waals surface area contributed by atoms with Gasteiger partial charge in [0.1, 0.15) is 6.07 Å². The zero-order chi connectivity index (χ0) is 14.4. The number of nitrogens with zero attached hydrogens (tertiary/aromatic N) is 1. The highest BCUT2D eigenvalue weighted by molar-refractivity contribution is 6.39. The van der Waals surface area contributed by atoms with Gasteiger partial charge in [-0.2, -0.15) is 5.26 Å². The predicted molar refractivity (Wildman–Crippen MR) is 72.6 cm³/mol. The van der Waals surface area contributed by atoms with Crippen LogP contribution in [0.1, 0.15) is 19.4 Å². The number of nitrogens with one attached hydrogen (secondary N) is 2. The van der Waals surface area contributed by atoms with E-state index in [4.69, 9.17) is 16.9 Å². The fourth-order valence-corrected chi connectivity index (χ4v) is 1.41. The molecule has 0 aliphatic carbocycles. The summed E-state index contributed by atoms with van der Waals surface area (Å²) in [6, 6.07) is 6.32. The van der Waals surface area contributed by atoms with Crippen molar-refractivity contribution in [3.05, 3.63) is 28.8 Å². The quantitative estimate of drug-likeness (QED) is 0.829. The molecule has 0 aliphatic heterocycles. The molecule has 2 N–H and O–H groups in total. The van der Waals surface area contributed by atoms with E-state index in [0.717, 1.165) is 0 Å². The first-order valence-corrected chi connectivity index (χ1v) is 6.10.